The van der Waals surface area contributed by atoms with Crippen LogP contribution in [0.4, 0.5) is 11.4 Å². The monoisotopic (exact) mass is 429 g/mol. The molecule has 2 aromatic carbocycles. The maximum Gasteiger partial charge on any atom is 0.291 e. The highest BCUT2D eigenvalue weighted by Gasteiger charge is 2.22. The Hall–Kier alpha value is -3.50. The number of hydrogen-bond acceptors (Lipinski definition) is 6. The second-order valence-electron chi connectivity index (χ2n) is 6.60. The zero-order valence-corrected chi connectivity index (χ0v) is 17.0. The molecule has 3 rings (SSSR count). The summed E-state index contributed by atoms with van der Waals surface area (Å²) in [4.78, 5) is 22.8. The van der Waals surface area contributed by atoms with Crippen molar-refractivity contribution in [2.45, 2.75) is 18.4 Å². The molecule has 0 saturated carbocycles. The zero-order chi connectivity index (χ0) is 21.9. The fourth-order valence-corrected chi connectivity index (χ4v) is 3.81. The van der Waals surface area contributed by atoms with E-state index in [0.717, 1.165) is 9.87 Å². The molecule has 9 nitrogen and oxygen atoms in total. The predicted octanol–water partition coefficient (Wildman–Crippen LogP) is 3.57. The molecule has 156 valence electrons. The van der Waals surface area contributed by atoms with E-state index >= 15 is 0 Å². The lowest BCUT2D eigenvalue weighted by Crippen LogP contribution is -2.26. The van der Waals surface area contributed by atoms with Crippen LogP contribution < -0.4 is 5.32 Å². The Morgan fingerprint density at radius 2 is 1.83 bits per heavy atom. The second-order valence-corrected chi connectivity index (χ2v) is 8.65. The van der Waals surface area contributed by atoms with Crippen molar-refractivity contribution >= 4 is 27.3 Å². The molecule has 3 aromatic rings. The molecular weight excluding hydrogens is 410 g/mol. The molecule has 0 aliphatic rings. The highest BCUT2D eigenvalue weighted by atomic mass is 32.2. The van der Waals surface area contributed by atoms with Gasteiger partial charge in [-0.05, 0) is 37.3 Å². The van der Waals surface area contributed by atoms with E-state index < -0.39 is 20.9 Å². The zero-order valence-electron chi connectivity index (χ0n) is 16.2. The smallest absolute Gasteiger partial charge is 0.291 e. The average molecular weight is 429 g/mol. The van der Waals surface area contributed by atoms with Gasteiger partial charge in [0, 0.05) is 24.9 Å². The summed E-state index contributed by atoms with van der Waals surface area (Å²) in [7, 11) is -2.30. The number of nitro groups is 1. The number of nitrogens with one attached hydrogen (secondary N) is 1. The Morgan fingerprint density at radius 3 is 2.50 bits per heavy atom. The van der Waals surface area contributed by atoms with Crippen LogP contribution in [-0.4, -0.2) is 30.6 Å². The molecule has 1 heterocycles. The molecule has 0 radical (unpaired) electrons. The van der Waals surface area contributed by atoms with Crippen LogP contribution in [0.2, 0.25) is 0 Å². The molecule has 0 unspecified atom stereocenters. The van der Waals surface area contributed by atoms with Gasteiger partial charge in [-0.1, -0.05) is 23.8 Å². The van der Waals surface area contributed by atoms with Crippen LogP contribution in [-0.2, 0) is 16.6 Å². The predicted molar refractivity (Wildman–Crippen MR) is 110 cm³/mol. The van der Waals surface area contributed by atoms with Crippen LogP contribution in [0, 0.1) is 17.0 Å². The number of hydrogen-bond donors (Lipinski definition) is 1. The quantitative estimate of drug-likeness (QED) is 0.452. The van der Waals surface area contributed by atoms with E-state index in [0.29, 0.717) is 0 Å². The van der Waals surface area contributed by atoms with Gasteiger partial charge in [0.15, 0.2) is 5.76 Å². The first-order valence-electron chi connectivity index (χ1n) is 8.84. The van der Waals surface area contributed by atoms with Crippen LogP contribution in [0.1, 0.15) is 21.9 Å². The third kappa shape index (κ3) is 4.73. The van der Waals surface area contributed by atoms with E-state index in [1.54, 1.807) is 12.1 Å². The van der Waals surface area contributed by atoms with Gasteiger partial charge in [-0.25, -0.2) is 8.42 Å². The number of benzene rings is 2. The lowest BCUT2D eigenvalue weighted by molar-refractivity contribution is -0.384. The number of carbonyl (C=O) groups excluding carboxylic acids is 1. The molecule has 0 aliphatic carbocycles. The fraction of sp³-hybridized carbons (Fsp3) is 0.150. The molecule has 0 spiro atoms. The Labute approximate surface area is 173 Å². The van der Waals surface area contributed by atoms with Gasteiger partial charge < -0.3 is 9.73 Å². The van der Waals surface area contributed by atoms with Gasteiger partial charge in [0.25, 0.3) is 11.6 Å². The second kappa shape index (κ2) is 8.47. The number of aryl methyl sites for hydroxylation is 1. The summed E-state index contributed by atoms with van der Waals surface area (Å²) in [5.41, 5.74) is 1.03. The van der Waals surface area contributed by atoms with Crippen molar-refractivity contribution in [2.24, 2.45) is 0 Å². The summed E-state index contributed by atoms with van der Waals surface area (Å²) in [6.45, 7) is 1.80. The first-order valence-corrected chi connectivity index (χ1v) is 10.3. The number of sulfonamides is 1. The van der Waals surface area contributed by atoms with E-state index in [1.807, 2.05) is 6.92 Å². The van der Waals surface area contributed by atoms with Crippen LogP contribution in [0.5, 0.6) is 0 Å². The first-order chi connectivity index (χ1) is 14.2. The Morgan fingerprint density at radius 1 is 1.13 bits per heavy atom. The molecule has 1 aromatic heterocycles. The van der Waals surface area contributed by atoms with Gasteiger partial charge >= 0.3 is 0 Å². The summed E-state index contributed by atoms with van der Waals surface area (Å²) >= 11 is 0. The van der Waals surface area contributed by atoms with Gasteiger partial charge in [-0.15, -0.1) is 0 Å². The van der Waals surface area contributed by atoms with Gasteiger partial charge in [0.2, 0.25) is 10.0 Å². The summed E-state index contributed by atoms with van der Waals surface area (Å²) in [5.74, 6) is -0.374. The number of nitro benzene ring substituents is 1. The Kier molecular flexibility index (Phi) is 5.99. The molecule has 1 amide bonds. The van der Waals surface area contributed by atoms with Crippen molar-refractivity contribution in [2.75, 3.05) is 12.4 Å². The molecular formula is C20H19N3O6S. The first kappa shape index (κ1) is 21.2. The highest BCUT2D eigenvalue weighted by molar-refractivity contribution is 7.89. The molecule has 10 heteroatoms. The molecule has 0 aliphatic heterocycles. The molecule has 1 N–H and O–H groups in total. The molecule has 0 fully saturated rings. The van der Waals surface area contributed by atoms with Crippen LogP contribution in [0.25, 0.3) is 0 Å². The summed E-state index contributed by atoms with van der Waals surface area (Å²) < 4.78 is 31.9. The minimum Gasteiger partial charge on any atom is -0.455 e. The van der Waals surface area contributed by atoms with Gasteiger partial charge in [-0.2, -0.15) is 4.31 Å². The van der Waals surface area contributed by atoms with E-state index in [4.69, 9.17) is 4.42 Å². The maximum atomic E-state index is 12.7. The normalized spacial score (nSPS) is 11.4. The maximum absolute atomic E-state index is 12.7. The van der Waals surface area contributed by atoms with E-state index in [2.05, 4.69) is 5.32 Å². The van der Waals surface area contributed by atoms with Crippen molar-refractivity contribution in [1.82, 2.24) is 4.31 Å². The Balaban J connectivity index is 1.70. The number of amides is 1. The third-order valence-electron chi connectivity index (χ3n) is 4.31. The van der Waals surface area contributed by atoms with Crippen molar-refractivity contribution < 1.29 is 22.6 Å². The SMILES string of the molecule is Cc1ccc(S(=O)(=O)N(C)Cc2ccc(C(=O)Nc3cccc([N+](=O)[O-])c3)o2)cc1. The number of furan rings is 1. The van der Waals surface area contributed by atoms with E-state index in [1.165, 1.54) is 55.6 Å². The lowest BCUT2D eigenvalue weighted by Gasteiger charge is -2.16. The standard InChI is InChI=1S/C20H19N3O6S/c1-14-6-9-18(10-7-14)30(27,28)22(2)13-17-8-11-19(29-17)20(24)21-15-4-3-5-16(12-15)23(25)26/h3-12H,13H2,1-2H3,(H,21,24). The number of nitrogens with zero attached hydrogens (tertiary/aromatic N) is 2. The van der Waals surface area contributed by atoms with E-state index in [9.17, 15) is 23.3 Å². The van der Waals surface area contributed by atoms with Crippen LogP contribution in [0.15, 0.2) is 70.0 Å². The third-order valence-corrected chi connectivity index (χ3v) is 6.13. The van der Waals surface area contributed by atoms with E-state index in [-0.39, 0.29) is 34.3 Å². The summed E-state index contributed by atoms with van der Waals surface area (Å²) in [6, 6.07) is 14.9. The number of carbonyl (C=O) groups is 1. The van der Waals surface area contributed by atoms with Crippen molar-refractivity contribution in [3.05, 3.63) is 87.9 Å². The molecule has 0 bridgehead atoms. The van der Waals surface area contributed by atoms with Gasteiger partial charge in [0.1, 0.15) is 5.76 Å². The van der Waals surface area contributed by atoms with Crippen molar-refractivity contribution in [1.29, 1.82) is 0 Å². The van der Waals surface area contributed by atoms with Gasteiger partial charge in [0.05, 0.1) is 16.4 Å². The minimum atomic E-state index is -3.72. The van der Waals surface area contributed by atoms with Gasteiger partial charge in [-0.3, -0.25) is 14.9 Å². The lowest BCUT2D eigenvalue weighted by atomic mass is 10.2. The summed E-state index contributed by atoms with van der Waals surface area (Å²) in [5, 5.41) is 13.3. The van der Waals surface area contributed by atoms with Crippen LogP contribution >= 0.6 is 0 Å². The molecule has 30 heavy (non-hydrogen) atoms. The average Bonchev–Trinajstić information content (AvgIpc) is 3.17. The molecule has 0 saturated heterocycles. The Bertz CT molecular complexity index is 1190. The number of anilines is 1. The van der Waals surface area contributed by atoms with Crippen molar-refractivity contribution in [3.8, 4) is 0 Å². The largest absolute Gasteiger partial charge is 0.455 e. The van der Waals surface area contributed by atoms with Crippen LogP contribution in [0.3, 0.4) is 0 Å². The topological polar surface area (TPSA) is 123 Å². The fourth-order valence-electron chi connectivity index (χ4n) is 2.67. The summed E-state index contributed by atoms with van der Waals surface area (Å²) in [6.07, 6.45) is 0. The minimum absolute atomic E-state index is 0.0439. The highest BCUT2D eigenvalue weighted by Crippen LogP contribution is 2.20. The number of rotatable bonds is 7. The number of non-ortho nitro benzene ring substituents is 1. The van der Waals surface area contributed by atoms with Crippen molar-refractivity contribution in [3.63, 3.8) is 0 Å². The molecule has 0 atom stereocenters.